The predicted octanol–water partition coefficient (Wildman–Crippen LogP) is 3.23. The lowest BCUT2D eigenvalue weighted by Crippen LogP contribution is -2.48. The molecule has 6 heteroatoms. The molecule has 0 bridgehead atoms. The fraction of sp³-hybridized carbons (Fsp3) is 0.389. The molecule has 1 saturated heterocycles. The lowest BCUT2D eigenvalue weighted by molar-refractivity contribution is -0.117. The van der Waals surface area contributed by atoms with E-state index in [9.17, 15) is 4.79 Å². The number of carbonyl (C=O) groups is 1. The van der Waals surface area contributed by atoms with E-state index in [1.807, 2.05) is 30.5 Å². The highest BCUT2D eigenvalue weighted by Crippen LogP contribution is 2.24. The van der Waals surface area contributed by atoms with Crippen LogP contribution in [0.5, 0.6) is 0 Å². The number of carbonyl (C=O) groups excluding carboxylic acids is 1. The van der Waals surface area contributed by atoms with Gasteiger partial charge in [-0.1, -0.05) is 12.1 Å². The van der Waals surface area contributed by atoms with Gasteiger partial charge in [0.15, 0.2) is 0 Å². The lowest BCUT2D eigenvalue weighted by atomic mass is 10.2. The third kappa shape index (κ3) is 4.83. The first-order chi connectivity index (χ1) is 11.7. The van der Waals surface area contributed by atoms with E-state index >= 15 is 0 Å². The number of benzene rings is 1. The molecule has 0 radical (unpaired) electrons. The van der Waals surface area contributed by atoms with Crippen LogP contribution in [0.2, 0.25) is 0 Å². The van der Waals surface area contributed by atoms with Gasteiger partial charge in [0, 0.05) is 37.6 Å². The zero-order valence-corrected chi connectivity index (χ0v) is 15.5. The number of amides is 1. The SMILES string of the molecule is CSc1ccccc1NC(=O)CN1CCN(Cc2ccsc2)CC1. The molecule has 4 nitrogen and oxygen atoms in total. The van der Waals surface area contributed by atoms with E-state index in [0.717, 1.165) is 43.3 Å². The standard InChI is InChI=1S/C18H23N3OS2/c1-23-17-5-3-2-4-16(17)19-18(22)13-21-9-7-20(8-10-21)12-15-6-11-24-14-15/h2-6,11,14H,7-10,12-13H2,1H3,(H,19,22). The number of thiophene rings is 1. The highest BCUT2D eigenvalue weighted by Gasteiger charge is 2.19. The first-order valence-electron chi connectivity index (χ1n) is 8.13. The van der Waals surface area contributed by atoms with Crippen LogP contribution in [0.3, 0.4) is 0 Å². The van der Waals surface area contributed by atoms with Crippen LogP contribution in [-0.2, 0) is 11.3 Å². The van der Waals surface area contributed by atoms with Crippen LogP contribution in [0.4, 0.5) is 5.69 Å². The molecule has 1 fully saturated rings. The fourth-order valence-corrected chi connectivity index (χ4v) is 4.10. The second kappa shape index (κ2) is 8.67. The highest BCUT2D eigenvalue weighted by molar-refractivity contribution is 7.98. The molecule has 1 aliphatic heterocycles. The summed E-state index contributed by atoms with van der Waals surface area (Å²) in [5, 5.41) is 7.38. The smallest absolute Gasteiger partial charge is 0.238 e. The number of para-hydroxylation sites is 1. The van der Waals surface area contributed by atoms with E-state index in [0.29, 0.717) is 6.54 Å². The van der Waals surface area contributed by atoms with Crippen LogP contribution in [-0.4, -0.2) is 54.7 Å². The van der Waals surface area contributed by atoms with E-state index in [1.54, 1.807) is 23.1 Å². The summed E-state index contributed by atoms with van der Waals surface area (Å²) in [5.41, 5.74) is 2.30. The third-order valence-electron chi connectivity index (χ3n) is 4.20. The van der Waals surface area contributed by atoms with Crippen LogP contribution in [0.25, 0.3) is 0 Å². The van der Waals surface area contributed by atoms with Gasteiger partial charge in [0.05, 0.1) is 12.2 Å². The summed E-state index contributed by atoms with van der Waals surface area (Å²) < 4.78 is 0. The first-order valence-corrected chi connectivity index (χ1v) is 10.3. The number of rotatable bonds is 6. The van der Waals surface area contributed by atoms with Gasteiger partial charge in [-0.3, -0.25) is 14.6 Å². The van der Waals surface area contributed by atoms with Crippen LogP contribution < -0.4 is 5.32 Å². The van der Waals surface area contributed by atoms with Gasteiger partial charge in [0.1, 0.15) is 0 Å². The van der Waals surface area contributed by atoms with Crippen molar-refractivity contribution in [2.24, 2.45) is 0 Å². The summed E-state index contributed by atoms with van der Waals surface area (Å²) in [6.07, 6.45) is 2.03. The number of anilines is 1. The molecule has 2 aromatic rings. The number of nitrogens with zero attached hydrogens (tertiary/aromatic N) is 2. The molecule has 128 valence electrons. The molecule has 1 N–H and O–H groups in total. The maximum Gasteiger partial charge on any atom is 0.238 e. The molecule has 2 heterocycles. The molecule has 1 aromatic heterocycles. The van der Waals surface area contributed by atoms with Crippen molar-refractivity contribution in [3.05, 3.63) is 46.7 Å². The predicted molar refractivity (Wildman–Crippen MR) is 103 cm³/mol. The molecule has 1 amide bonds. The monoisotopic (exact) mass is 361 g/mol. The largest absolute Gasteiger partial charge is 0.324 e. The maximum absolute atomic E-state index is 12.3. The molecule has 0 atom stereocenters. The normalized spacial score (nSPS) is 16.2. The molecule has 0 spiro atoms. The lowest BCUT2D eigenvalue weighted by Gasteiger charge is -2.34. The average molecular weight is 362 g/mol. The van der Waals surface area contributed by atoms with Crippen molar-refractivity contribution in [1.82, 2.24) is 9.80 Å². The van der Waals surface area contributed by atoms with Crippen LogP contribution in [0.15, 0.2) is 46.0 Å². The molecular weight excluding hydrogens is 338 g/mol. The van der Waals surface area contributed by atoms with Gasteiger partial charge in [-0.05, 0) is 40.8 Å². The quantitative estimate of drug-likeness (QED) is 0.802. The Balaban J connectivity index is 1.44. The van der Waals surface area contributed by atoms with Crippen molar-refractivity contribution in [1.29, 1.82) is 0 Å². The van der Waals surface area contributed by atoms with Crippen LogP contribution in [0.1, 0.15) is 5.56 Å². The van der Waals surface area contributed by atoms with Gasteiger partial charge in [0.25, 0.3) is 0 Å². The number of piperazine rings is 1. The summed E-state index contributed by atoms with van der Waals surface area (Å²) in [6.45, 7) is 5.41. The zero-order valence-electron chi connectivity index (χ0n) is 13.9. The summed E-state index contributed by atoms with van der Waals surface area (Å²) in [5.74, 6) is 0.0720. The van der Waals surface area contributed by atoms with E-state index in [2.05, 4.69) is 31.9 Å². The Labute approximate surface area is 151 Å². The minimum atomic E-state index is 0.0720. The second-order valence-electron chi connectivity index (χ2n) is 5.93. The number of thioether (sulfide) groups is 1. The van der Waals surface area contributed by atoms with Gasteiger partial charge >= 0.3 is 0 Å². The van der Waals surface area contributed by atoms with Crippen LogP contribution >= 0.6 is 23.1 Å². The Morgan fingerprint density at radius 2 is 1.92 bits per heavy atom. The molecule has 3 rings (SSSR count). The number of nitrogens with one attached hydrogen (secondary N) is 1. The average Bonchev–Trinajstić information content (AvgIpc) is 3.10. The van der Waals surface area contributed by atoms with Gasteiger partial charge in [0.2, 0.25) is 5.91 Å². The molecule has 1 aromatic carbocycles. The minimum absolute atomic E-state index is 0.0720. The van der Waals surface area contributed by atoms with Crippen molar-refractivity contribution in [2.75, 3.05) is 44.3 Å². The van der Waals surface area contributed by atoms with Gasteiger partial charge in [-0.15, -0.1) is 11.8 Å². The third-order valence-corrected chi connectivity index (χ3v) is 5.73. The van der Waals surface area contributed by atoms with Gasteiger partial charge < -0.3 is 5.32 Å². The molecule has 0 unspecified atom stereocenters. The summed E-state index contributed by atoms with van der Waals surface area (Å²) in [7, 11) is 0. The Kier molecular flexibility index (Phi) is 6.31. The molecule has 0 aliphatic carbocycles. The summed E-state index contributed by atoms with van der Waals surface area (Å²) >= 11 is 3.40. The fourth-order valence-electron chi connectivity index (χ4n) is 2.89. The highest BCUT2D eigenvalue weighted by atomic mass is 32.2. The summed E-state index contributed by atoms with van der Waals surface area (Å²) in [6, 6.07) is 10.1. The van der Waals surface area contributed by atoms with E-state index in [-0.39, 0.29) is 5.91 Å². The van der Waals surface area contributed by atoms with Crippen molar-refractivity contribution in [2.45, 2.75) is 11.4 Å². The Hall–Kier alpha value is -1.34. The molecule has 0 saturated carbocycles. The minimum Gasteiger partial charge on any atom is -0.324 e. The van der Waals surface area contributed by atoms with Crippen LogP contribution in [0, 0.1) is 0 Å². The topological polar surface area (TPSA) is 35.6 Å². The Bertz CT molecular complexity index is 652. The second-order valence-corrected chi connectivity index (χ2v) is 7.56. The number of hydrogen-bond acceptors (Lipinski definition) is 5. The van der Waals surface area contributed by atoms with E-state index < -0.39 is 0 Å². The zero-order chi connectivity index (χ0) is 16.8. The van der Waals surface area contributed by atoms with Crippen molar-refractivity contribution in [3.63, 3.8) is 0 Å². The van der Waals surface area contributed by atoms with Gasteiger partial charge in [-0.25, -0.2) is 0 Å². The van der Waals surface area contributed by atoms with E-state index in [1.165, 1.54) is 5.56 Å². The molecule has 24 heavy (non-hydrogen) atoms. The van der Waals surface area contributed by atoms with Gasteiger partial charge in [-0.2, -0.15) is 11.3 Å². The maximum atomic E-state index is 12.3. The Morgan fingerprint density at radius 3 is 2.62 bits per heavy atom. The van der Waals surface area contributed by atoms with Crippen molar-refractivity contribution in [3.8, 4) is 0 Å². The summed E-state index contributed by atoms with van der Waals surface area (Å²) in [4.78, 5) is 18.1. The number of hydrogen-bond donors (Lipinski definition) is 1. The van der Waals surface area contributed by atoms with Crippen molar-refractivity contribution >= 4 is 34.7 Å². The Morgan fingerprint density at radius 1 is 1.17 bits per heavy atom. The van der Waals surface area contributed by atoms with Crippen molar-refractivity contribution < 1.29 is 4.79 Å². The molecular formula is C18H23N3OS2. The molecule has 1 aliphatic rings. The first kappa shape index (κ1) is 17.5. The van der Waals surface area contributed by atoms with E-state index in [4.69, 9.17) is 0 Å².